The molecular weight excluding hydrogens is 273 g/mol. The highest BCUT2D eigenvalue weighted by atomic mass is 19.1. The van der Waals surface area contributed by atoms with E-state index in [0.717, 1.165) is 5.56 Å². The fourth-order valence-electron chi connectivity index (χ4n) is 2.58. The van der Waals surface area contributed by atoms with Gasteiger partial charge in [0.2, 0.25) is 5.67 Å². The lowest BCUT2D eigenvalue weighted by molar-refractivity contribution is -0.142. The average Bonchev–Trinajstić information content (AvgIpc) is 2.53. The number of amides is 1. The first-order chi connectivity index (χ1) is 10.1. The van der Waals surface area contributed by atoms with Crippen LogP contribution in [-0.4, -0.2) is 31.9 Å². The molecule has 4 nitrogen and oxygen atoms in total. The number of hydrogen-bond acceptors (Lipinski definition) is 3. The summed E-state index contributed by atoms with van der Waals surface area (Å²) in [6.45, 7) is 2.30. The smallest absolute Gasteiger partial charge is 0.260 e. The van der Waals surface area contributed by atoms with Gasteiger partial charge >= 0.3 is 0 Å². The van der Waals surface area contributed by atoms with E-state index in [0.29, 0.717) is 25.2 Å². The predicted octanol–water partition coefficient (Wildman–Crippen LogP) is 2.78. The Bertz CT molecular complexity index is 486. The van der Waals surface area contributed by atoms with Crippen molar-refractivity contribution in [2.75, 3.05) is 20.3 Å². The van der Waals surface area contributed by atoms with Crippen molar-refractivity contribution < 1.29 is 18.7 Å². The molecular formula is C16H22FNO3. The third-order valence-corrected chi connectivity index (χ3v) is 3.83. The van der Waals surface area contributed by atoms with E-state index in [4.69, 9.17) is 9.47 Å². The number of ether oxygens (including phenoxy) is 2. The van der Waals surface area contributed by atoms with Crippen molar-refractivity contribution >= 4 is 5.91 Å². The van der Waals surface area contributed by atoms with Crippen molar-refractivity contribution in [1.82, 2.24) is 5.32 Å². The maximum Gasteiger partial charge on any atom is 0.260 e. The minimum Gasteiger partial charge on any atom is -0.496 e. The molecule has 1 aromatic rings. The number of hydrogen-bond donors (Lipinski definition) is 1. The van der Waals surface area contributed by atoms with Crippen LogP contribution in [0.5, 0.6) is 5.75 Å². The summed E-state index contributed by atoms with van der Waals surface area (Å²) >= 11 is 0. The Morgan fingerprint density at radius 1 is 1.52 bits per heavy atom. The van der Waals surface area contributed by atoms with E-state index in [1.165, 1.54) is 0 Å². The first-order valence-electron chi connectivity index (χ1n) is 7.31. The number of halogens is 1. The molecule has 0 bridgehead atoms. The Kier molecular flexibility index (Phi) is 5.17. The second-order valence-electron chi connectivity index (χ2n) is 5.30. The van der Waals surface area contributed by atoms with E-state index < -0.39 is 11.6 Å². The van der Waals surface area contributed by atoms with Gasteiger partial charge in [-0.3, -0.25) is 4.79 Å². The van der Waals surface area contributed by atoms with Gasteiger partial charge in [0.25, 0.3) is 5.91 Å². The molecule has 116 valence electrons. The number of rotatable bonds is 5. The predicted molar refractivity (Wildman–Crippen MR) is 78.1 cm³/mol. The summed E-state index contributed by atoms with van der Waals surface area (Å²) in [5.74, 6) is 0.0948. The standard InChI is InChI=1S/C16H22FNO3/c1-3-13(12-7-4-5-8-14(12)20-2)18-15(19)16(17)9-6-10-21-11-16/h4-5,7-8,13H,3,6,9-11H2,1-2H3,(H,18,19). The van der Waals surface area contributed by atoms with Crippen LogP contribution in [-0.2, 0) is 9.53 Å². The monoisotopic (exact) mass is 295 g/mol. The molecule has 5 heteroatoms. The van der Waals surface area contributed by atoms with E-state index in [1.54, 1.807) is 7.11 Å². The highest BCUT2D eigenvalue weighted by Crippen LogP contribution is 2.29. The number of carbonyl (C=O) groups is 1. The third kappa shape index (κ3) is 3.53. The molecule has 1 aliphatic heterocycles. The molecule has 21 heavy (non-hydrogen) atoms. The molecule has 0 radical (unpaired) electrons. The maximum atomic E-state index is 14.6. The highest BCUT2D eigenvalue weighted by molar-refractivity contribution is 5.85. The van der Waals surface area contributed by atoms with Crippen molar-refractivity contribution in [3.8, 4) is 5.75 Å². The SMILES string of the molecule is CCC(NC(=O)C1(F)CCCOC1)c1ccccc1OC. The Morgan fingerprint density at radius 2 is 2.29 bits per heavy atom. The number of benzene rings is 1. The zero-order chi connectivity index (χ0) is 15.3. The number of para-hydroxylation sites is 1. The summed E-state index contributed by atoms with van der Waals surface area (Å²) in [5, 5.41) is 2.79. The molecule has 1 heterocycles. The zero-order valence-corrected chi connectivity index (χ0v) is 12.5. The van der Waals surface area contributed by atoms with Gasteiger partial charge in [0.05, 0.1) is 19.8 Å². The molecule has 1 aromatic carbocycles. The fraction of sp³-hybridized carbons (Fsp3) is 0.562. The molecule has 1 N–H and O–H groups in total. The summed E-state index contributed by atoms with van der Waals surface area (Å²) in [6.07, 6.45) is 1.43. The summed E-state index contributed by atoms with van der Waals surface area (Å²) in [5.41, 5.74) is -1.07. The Balaban J connectivity index is 2.13. The number of alkyl halides is 1. The molecule has 1 saturated heterocycles. The summed E-state index contributed by atoms with van der Waals surface area (Å²) < 4.78 is 25.0. The Morgan fingerprint density at radius 3 is 2.90 bits per heavy atom. The van der Waals surface area contributed by atoms with Gasteiger partial charge in [-0.15, -0.1) is 0 Å². The third-order valence-electron chi connectivity index (χ3n) is 3.83. The molecule has 1 aliphatic rings. The largest absolute Gasteiger partial charge is 0.496 e. The van der Waals surface area contributed by atoms with Gasteiger partial charge in [-0.1, -0.05) is 25.1 Å². The van der Waals surface area contributed by atoms with Gasteiger partial charge in [0.1, 0.15) is 5.75 Å². The quantitative estimate of drug-likeness (QED) is 0.908. The van der Waals surface area contributed by atoms with Crippen molar-refractivity contribution in [3.05, 3.63) is 29.8 Å². The Hall–Kier alpha value is -1.62. The molecule has 1 amide bonds. The molecule has 0 spiro atoms. The van der Waals surface area contributed by atoms with E-state index >= 15 is 0 Å². The van der Waals surface area contributed by atoms with E-state index in [-0.39, 0.29) is 19.1 Å². The van der Waals surface area contributed by atoms with Crippen LogP contribution in [0.2, 0.25) is 0 Å². The van der Waals surface area contributed by atoms with Gasteiger partial charge in [0, 0.05) is 12.2 Å². The normalized spacial score (nSPS) is 23.4. The lowest BCUT2D eigenvalue weighted by Crippen LogP contribution is -2.49. The van der Waals surface area contributed by atoms with Crippen LogP contribution in [0.3, 0.4) is 0 Å². The second-order valence-corrected chi connectivity index (χ2v) is 5.30. The topological polar surface area (TPSA) is 47.6 Å². The molecule has 2 atom stereocenters. The molecule has 0 aliphatic carbocycles. The first kappa shape index (κ1) is 15.8. The highest BCUT2D eigenvalue weighted by Gasteiger charge is 2.41. The lowest BCUT2D eigenvalue weighted by atomic mass is 9.96. The minimum atomic E-state index is -1.92. The second kappa shape index (κ2) is 6.89. The summed E-state index contributed by atoms with van der Waals surface area (Å²) in [4.78, 5) is 12.3. The number of nitrogens with one attached hydrogen (secondary N) is 1. The fourth-order valence-corrected chi connectivity index (χ4v) is 2.58. The van der Waals surface area contributed by atoms with Crippen LogP contribution < -0.4 is 10.1 Å². The van der Waals surface area contributed by atoms with E-state index in [9.17, 15) is 9.18 Å². The summed E-state index contributed by atoms with van der Waals surface area (Å²) in [6, 6.07) is 7.18. The van der Waals surface area contributed by atoms with Crippen LogP contribution in [0.15, 0.2) is 24.3 Å². The molecule has 2 rings (SSSR count). The van der Waals surface area contributed by atoms with Crippen molar-refractivity contribution in [2.24, 2.45) is 0 Å². The van der Waals surface area contributed by atoms with Crippen LogP contribution >= 0.6 is 0 Å². The maximum absolute atomic E-state index is 14.6. The Labute approximate surface area is 124 Å². The molecule has 0 aromatic heterocycles. The molecule has 0 saturated carbocycles. The van der Waals surface area contributed by atoms with Crippen LogP contribution in [0.25, 0.3) is 0 Å². The van der Waals surface area contributed by atoms with Gasteiger partial charge < -0.3 is 14.8 Å². The van der Waals surface area contributed by atoms with Crippen molar-refractivity contribution in [1.29, 1.82) is 0 Å². The van der Waals surface area contributed by atoms with Gasteiger partial charge in [-0.2, -0.15) is 0 Å². The van der Waals surface area contributed by atoms with E-state index in [1.807, 2.05) is 31.2 Å². The van der Waals surface area contributed by atoms with Gasteiger partial charge in [-0.05, 0) is 25.3 Å². The minimum absolute atomic E-state index is 0.165. The van der Waals surface area contributed by atoms with Gasteiger partial charge in [0.15, 0.2) is 0 Å². The first-order valence-corrected chi connectivity index (χ1v) is 7.31. The van der Waals surface area contributed by atoms with Crippen molar-refractivity contribution in [2.45, 2.75) is 37.9 Å². The zero-order valence-electron chi connectivity index (χ0n) is 12.5. The molecule has 1 fully saturated rings. The number of methoxy groups -OCH3 is 1. The van der Waals surface area contributed by atoms with Gasteiger partial charge in [-0.25, -0.2) is 4.39 Å². The van der Waals surface area contributed by atoms with E-state index in [2.05, 4.69) is 5.32 Å². The average molecular weight is 295 g/mol. The van der Waals surface area contributed by atoms with Crippen molar-refractivity contribution in [3.63, 3.8) is 0 Å². The number of carbonyl (C=O) groups excluding carboxylic acids is 1. The summed E-state index contributed by atoms with van der Waals surface area (Å²) in [7, 11) is 1.58. The van der Waals surface area contributed by atoms with Crippen LogP contribution in [0.1, 0.15) is 37.8 Å². The van der Waals surface area contributed by atoms with Crippen LogP contribution in [0.4, 0.5) is 4.39 Å². The van der Waals surface area contributed by atoms with Crippen LogP contribution in [0, 0.1) is 0 Å². The molecule has 2 unspecified atom stereocenters. The lowest BCUT2D eigenvalue weighted by Gasteiger charge is -2.30.